The molecule has 0 saturated carbocycles. The number of thioether (sulfide) groups is 1. The number of hydrogen-bond donors (Lipinski definition) is 2. The van der Waals surface area contributed by atoms with Crippen molar-refractivity contribution in [2.75, 3.05) is 31.8 Å². The maximum atomic E-state index is 12.4. The van der Waals surface area contributed by atoms with Crippen LogP contribution in [0.5, 0.6) is 5.75 Å². The zero-order valence-corrected chi connectivity index (χ0v) is 14.6. The number of hydrogen-bond acceptors (Lipinski definition) is 5. The Labute approximate surface area is 143 Å². The van der Waals surface area contributed by atoms with Crippen molar-refractivity contribution in [3.05, 3.63) is 33.4 Å². The predicted octanol–water partition coefficient (Wildman–Crippen LogP) is 2.64. The highest BCUT2D eigenvalue weighted by molar-refractivity contribution is 8.04. The Morgan fingerprint density at radius 1 is 1.35 bits per heavy atom. The van der Waals surface area contributed by atoms with Gasteiger partial charge in [-0.05, 0) is 13.0 Å². The maximum absolute atomic E-state index is 12.4. The van der Waals surface area contributed by atoms with Crippen molar-refractivity contribution in [3.63, 3.8) is 0 Å². The third kappa shape index (κ3) is 3.92. The average Bonchev–Trinajstić information content (AvgIpc) is 2.55. The molecule has 1 aromatic rings. The van der Waals surface area contributed by atoms with E-state index in [1.54, 1.807) is 6.92 Å². The van der Waals surface area contributed by atoms with Gasteiger partial charge >= 0.3 is 0 Å². The fourth-order valence-corrected chi connectivity index (χ4v) is 3.07. The largest absolute Gasteiger partial charge is 0.496 e. The minimum atomic E-state index is -0.323. The molecule has 0 atom stereocenters. The normalized spacial score (nSPS) is 14.1. The Bertz CT molecular complexity index is 676. The van der Waals surface area contributed by atoms with Crippen LogP contribution in [0.4, 0.5) is 5.69 Å². The average molecular weight is 357 g/mol. The van der Waals surface area contributed by atoms with Crippen molar-refractivity contribution in [1.29, 1.82) is 0 Å². The van der Waals surface area contributed by atoms with Crippen LogP contribution in [0.3, 0.4) is 0 Å². The molecule has 2 N–H and O–H groups in total. The first-order valence-electron chi connectivity index (χ1n) is 6.85. The smallest absolute Gasteiger partial charge is 0.265 e. The van der Waals surface area contributed by atoms with Gasteiger partial charge in [-0.15, -0.1) is 11.8 Å². The summed E-state index contributed by atoms with van der Waals surface area (Å²) < 4.78 is 10.6. The minimum absolute atomic E-state index is 0.248. The molecule has 1 aromatic carbocycles. The molecule has 1 heterocycles. The van der Waals surface area contributed by atoms with Gasteiger partial charge in [-0.1, -0.05) is 11.6 Å². The lowest BCUT2D eigenvalue weighted by molar-refractivity contribution is -0.112. The highest BCUT2D eigenvalue weighted by atomic mass is 35.5. The second-order valence-corrected chi connectivity index (χ2v) is 6.16. The first-order valence-corrected chi connectivity index (χ1v) is 8.21. The van der Waals surface area contributed by atoms with E-state index in [2.05, 4.69) is 10.6 Å². The number of anilines is 1. The molecule has 1 aliphatic rings. The zero-order chi connectivity index (χ0) is 17.0. The van der Waals surface area contributed by atoms with Gasteiger partial charge in [0.05, 0.1) is 30.0 Å². The van der Waals surface area contributed by atoms with Gasteiger partial charge in [0.15, 0.2) is 0 Å². The lowest BCUT2D eigenvalue weighted by Crippen LogP contribution is -2.20. The Morgan fingerprint density at radius 3 is 2.70 bits per heavy atom. The van der Waals surface area contributed by atoms with E-state index < -0.39 is 0 Å². The van der Waals surface area contributed by atoms with E-state index in [0.717, 1.165) is 0 Å². The van der Waals surface area contributed by atoms with Gasteiger partial charge in [-0.3, -0.25) is 9.59 Å². The van der Waals surface area contributed by atoms with Crippen LogP contribution < -0.4 is 15.4 Å². The quantitative estimate of drug-likeness (QED) is 0.867. The fourth-order valence-electron chi connectivity index (χ4n) is 2.04. The van der Waals surface area contributed by atoms with Crippen LogP contribution in [0.15, 0.2) is 22.8 Å². The van der Waals surface area contributed by atoms with E-state index in [4.69, 9.17) is 21.1 Å². The van der Waals surface area contributed by atoms with E-state index in [9.17, 15) is 9.59 Å². The molecule has 0 aliphatic carbocycles. The van der Waals surface area contributed by atoms with Crippen molar-refractivity contribution in [2.24, 2.45) is 0 Å². The van der Waals surface area contributed by atoms with Gasteiger partial charge in [-0.2, -0.15) is 0 Å². The summed E-state index contributed by atoms with van der Waals surface area (Å²) in [7, 11) is 2.96. The Morgan fingerprint density at radius 2 is 2.09 bits per heavy atom. The van der Waals surface area contributed by atoms with Crippen LogP contribution in [-0.2, 0) is 9.53 Å². The predicted molar refractivity (Wildman–Crippen MR) is 91.1 cm³/mol. The Hall–Kier alpha value is -1.86. The van der Waals surface area contributed by atoms with Gasteiger partial charge in [-0.25, -0.2) is 0 Å². The molecule has 124 valence electrons. The van der Waals surface area contributed by atoms with Crippen LogP contribution in [0, 0.1) is 0 Å². The number of allylic oxidation sites excluding steroid dienone is 1. The summed E-state index contributed by atoms with van der Waals surface area (Å²) in [5, 5.41) is 5.48. The zero-order valence-electron chi connectivity index (χ0n) is 13.0. The number of carbonyl (C=O) groups is 2. The molecule has 2 amide bonds. The number of halogens is 1. The number of nitrogens with one attached hydrogen (secondary N) is 2. The Kier molecular flexibility index (Phi) is 5.79. The molecular weight excluding hydrogens is 340 g/mol. The molecule has 23 heavy (non-hydrogen) atoms. The number of rotatable bonds is 4. The Balaban J connectivity index is 2.30. The van der Waals surface area contributed by atoms with Crippen LogP contribution in [0.1, 0.15) is 17.3 Å². The molecule has 0 spiro atoms. The monoisotopic (exact) mass is 356 g/mol. The topological polar surface area (TPSA) is 76.7 Å². The third-order valence-corrected chi connectivity index (χ3v) is 4.63. The molecule has 1 aliphatic heterocycles. The molecule has 6 nitrogen and oxygen atoms in total. The minimum Gasteiger partial charge on any atom is -0.496 e. The molecule has 0 bridgehead atoms. The SMILES string of the molecule is CNC(=O)c1cc(Cl)c(NC(=O)C2=C(C)OCCS2)cc1OC. The van der Waals surface area contributed by atoms with Crippen LogP contribution in [0.2, 0.25) is 5.02 Å². The molecule has 2 rings (SSSR count). The molecular formula is C15H17ClN2O4S. The highest BCUT2D eigenvalue weighted by Gasteiger charge is 2.21. The molecule has 0 saturated heterocycles. The number of methoxy groups -OCH3 is 1. The fraction of sp³-hybridized carbons (Fsp3) is 0.333. The summed E-state index contributed by atoms with van der Waals surface area (Å²) in [6.07, 6.45) is 0. The van der Waals surface area contributed by atoms with Gasteiger partial charge in [0.1, 0.15) is 16.4 Å². The molecule has 0 radical (unpaired) electrons. The first-order chi connectivity index (χ1) is 11.0. The van der Waals surface area contributed by atoms with E-state index in [1.807, 2.05) is 0 Å². The molecule has 0 unspecified atom stereocenters. The number of benzene rings is 1. The summed E-state index contributed by atoms with van der Waals surface area (Å²) >= 11 is 7.60. The summed E-state index contributed by atoms with van der Waals surface area (Å²) in [6, 6.07) is 2.98. The maximum Gasteiger partial charge on any atom is 0.265 e. The summed E-state index contributed by atoms with van der Waals surface area (Å²) in [5.41, 5.74) is 0.663. The lowest BCUT2D eigenvalue weighted by atomic mass is 10.1. The van der Waals surface area contributed by atoms with Gasteiger partial charge < -0.3 is 20.1 Å². The van der Waals surface area contributed by atoms with E-state index >= 15 is 0 Å². The second-order valence-electron chi connectivity index (χ2n) is 4.65. The second kappa shape index (κ2) is 7.61. The standard InChI is InChI=1S/C15H17ClN2O4S/c1-8-13(23-5-4-22-8)15(20)18-11-7-12(21-3)9(6-10(11)16)14(19)17-2/h6-7H,4-5H2,1-3H3,(H,17,19)(H,18,20). The van der Waals surface area contributed by atoms with Crippen molar-refractivity contribution in [3.8, 4) is 5.75 Å². The van der Waals surface area contributed by atoms with Crippen LogP contribution >= 0.6 is 23.4 Å². The third-order valence-electron chi connectivity index (χ3n) is 3.18. The van der Waals surface area contributed by atoms with Crippen molar-refractivity contribution in [2.45, 2.75) is 6.92 Å². The van der Waals surface area contributed by atoms with Crippen molar-refractivity contribution >= 4 is 40.9 Å². The highest BCUT2D eigenvalue weighted by Crippen LogP contribution is 2.33. The molecule has 8 heteroatoms. The molecule has 0 fully saturated rings. The van der Waals surface area contributed by atoms with E-state index in [1.165, 1.54) is 38.1 Å². The van der Waals surface area contributed by atoms with Gasteiger partial charge in [0.2, 0.25) is 0 Å². The summed E-state index contributed by atoms with van der Waals surface area (Å²) in [4.78, 5) is 24.7. The number of carbonyl (C=O) groups excluding carboxylic acids is 2. The number of ether oxygens (including phenoxy) is 2. The van der Waals surface area contributed by atoms with Crippen molar-refractivity contribution in [1.82, 2.24) is 5.32 Å². The van der Waals surface area contributed by atoms with Crippen molar-refractivity contribution < 1.29 is 19.1 Å². The van der Waals surface area contributed by atoms with Gasteiger partial charge in [0, 0.05) is 18.9 Å². The van der Waals surface area contributed by atoms with Gasteiger partial charge in [0.25, 0.3) is 11.8 Å². The first kappa shape index (κ1) is 17.5. The van der Waals surface area contributed by atoms with E-state index in [0.29, 0.717) is 40.0 Å². The molecule has 0 aromatic heterocycles. The van der Waals surface area contributed by atoms with Crippen LogP contribution in [-0.4, -0.2) is 38.3 Å². The number of amides is 2. The van der Waals surface area contributed by atoms with E-state index in [-0.39, 0.29) is 16.8 Å². The summed E-state index contributed by atoms with van der Waals surface area (Å²) in [6.45, 7) is 2.33. The summed E-state index contributed by atoms with van der Waals surface area (Å²) in [5.74, 6) is 0.999. The lowest BCUT2D eigenvalue weighted by Gasteiger charge is -2.18. The van der Waals surface area contributed by atoms with Crippen LogP contribution in [0.25, 0.3) is 0 Å².